The quantitative estimate of drug-likeness (QED) is 0.436. The van der Waals surface area contributed by atoms with E-state index in [9.17, 15) is 4.79 Å². The smallest absolute Gasteiger partial charge is 0.310 e. The summed E-state index contributed by atoms with van der Waals surface area (Å²) in [6.45, 7) is 7.01. The standard InChI is InChI=1S/C15H26N2O2/c1-3-11-17(12-7-5-8-12)16-14-10-6-9-13(14)15(18)19-4-2/h3,12-14,16H,1,4-11H2,2H3. The second kappa shape index (κ2) is 7.06. The van der Waals surface area contributed by atoms with E-state index in [2.05, 4.69) is 17.0 Å². The third kappa shape index (κ3) is 3.57. The average Bonchev–Trinajstić information content (AvgIpc) is 2.75. The molecule has 0 heterocycles. The lowest BCUT2D eigenvalue weighted by atomic mass is 9.92. The Morgan fingerprint density at radius 2 is 2.11 bits per heavy atom. The average molecular weight is 266 g/mol. The lowest BCUT2D eigenvalue weighted by molar-refractivity contribution is -0.149. The van der Waals surface area contributed by atoms with Crippen LogP contribution in [0.15, 0.2) is 12.7 Å². The number of carbonyl (C=O) groups is 1. The van der Waals surface area contributed by atoms with Gasteiger partial charge in [0, 0.05) is 18.6 Å². The van der Waals surface area contributed by atoms with Crippen molar-refractivity contribution >= 4 is 5.97 Å². The van der Waals surface area contributed by atoms with Gasteiger partial charge < -0.3 is 4.74 Å². The molecule has 0 aromatic rings. The van der Waals surface area contributed by atoms with Crippen LogP contribution in [0.4, 0.5) is 0 Å². The molecule has 2 aliphatic carbocycles. The van der Waals surface area contributed by atoms with Crippen LogP contribution in [0.25, 0.3) is 0 Å². The van der Waals surface area contributed by atoms with E-state index in [1.165, 1.54) is 19.3 Å². The summed E-state index contributed by atoms with van der Waals surface area (Å²) in [4.78, 5) is 11.9. The van der Waals surface area contributed by atoms with Gasteiger partial charge in [0.2, 0.25) is 0 Å². The maximum atomic E-state index is 11.9. The van der Waals surface area contributed by atoms with Crippen molar-refractivity contribution < 1.29 is 9.53 Å². The van der Waals surface area contributed by atoms with Crippen molar-refractivity contribution in [2.24, 2.45) is 5.92 Å². The molecule has 4 heteroatoms. The molecule has 0 saturated heterocycles. The fraction of sp³-hybridized carbons (Fsp3) is 0.800. The number of carbonyl (C=O) groups excluding carboxylic acids is 1. The number of hydrogen-bond donors (Lipinski definition) is 1. The molecule has 2 unspecified atom stereocenters. The molecule has 2 rings (SSSR count). The van der Waals surface area contributed by atoms with Crippen molar-refractivity contribution in [1.29, 1.82) is 0 Å². The normalized spacial score (nSPS) is 27.3. The summed E-state index contributed by atoms with van der Waals surface area (Å²) in [5.74, 6) is -0.0167. The first kappa shape index (κ1) is 14.5. The van der Waals surface area contributed by atoms with Crippen molar-refractivity contribution in [2.75, 3.05) is 13.2 Å². The summed E-state index contributed by atoms with van der Waals surface area (Å²) in [5.41, 5.74) is 3.57. The molecule has 2 aliphatic rings. The number of nitrogens with zero attached hydrogens (tertiary/aromatic N) is 1. The van der Waals surface area contributed by atoms with E-state index < -0.39 is 0 Å². The minimum absolute atomic E-state index is 0.0207. The lowest BCUT2D eigenvalue weighted by Gasteiger charge is -2.39. The third-order valence-corrected chi connectivity index (χ3v) is 4.28. The maximum absolute atomic E-state index is 11.9. The van der Waals surface area contributed by atoms with Crippen molar-refractivity contribution in [2.45, 2.75) is 57.5 Å². The Balaban J connectivity index is 1.90. The van der Waals surface area contributed by atoms with Crippen LogP contribution in [0.5, 0.6) is 0 Å². The number of hydrazine groups is 1. The third-order valence-electron chi connectivity index (χ3n) is 4.28. The SMILES string of the molecule is C=CCN(NC1CCCC1C(=O)OCC)C1CCC1. The van der Waals surface area contributed by atoms with Crippen LogP contribution in [-0.2, 0) is 9.53 Å². The Kier molecular flexibility index (Phi) is 5.40. The molecule has 4 nitrogen and oxygen atoms in total. The summed E-state index contributed by atoms with van der Waals surface area (Å²) < 4.78 is 5.18. The van der Waals surface area contributed by atoms with Crippen molar-refractivity contribution in [3.63, 3.8) is 0 Å². The minimum atomic E-state index is -0.0373. The Bertz CT molecular complexity index is 315. The van der Waals surface area contributed by atoms with Crippen LogP contribution in [0.2, 0.25) is 0 Å². The molecule has 0 aliphatic heterocycles. The van der Waals surface area contributed by atoms with E-state index in [0.717, 1.165) is 25.8 Å². The van der Waals surface area contributed by atoms with Crippen LogP contribution in [0.3, 0.4) is 0 Å². The van der Waals surface area contributed by atoms with Crippen molar-refractivity contribution in [3.8, 4) is 0 Å². The zero-order chi connectivity index (χ0) is 13.7. The first-order chi connectivity index (χ1) is 9.26. The van der Waals surface area contributed by atoms with Gasteiger partial charge in [-0.05, 0) is 32.6 Å². The van der Waals surface area contributed by atoms with Gasteiger partial charge in [0.1, 0.15) is 0 Å². The largest absolute Gasteiger partial charge is 0.466 e. The van der Waals surface area contributed by atoms with E-state index in [1.807, 2.05) is 13.0 Å². The van der Waals surface area contributed by atoms with Gasteiger partial charge in [-0.25, -0.2) is 5.01 Å². The van der Waals surface area contributed by atoms with Gasteiger partial charge in [-0.2, -0.15) is 0 Å². The predicted octanol–water partition coefficient (Wildman–Crippen LogP) is 2.26. The van der Waals surface area contributed by atoms with Gasteiger partial charge in [0.05, 0.1) is 12.5 Å². The lowest BCUT2D eigenvalue weighted by Crippen LogP contribution is -2.54. The Morgan fingerprint density at radius 1 is 1.37 bits per heavy atom. The van der Waals surface area contributed by atoms with E-state index in [4.69, 9.17) is 4.74 Å². The number of ether oxygens (including phenoxy) is 1. The van der Waals surface area contributed by atoms with E-state index >= 15 is 0 Å². The Morgan fingerprint density at radius 3 is 2.68 bits per heavy atom. The molecule has 108 valence electrons. The van der Waals surface area contributed by atoms with Gasteiger partial charge in [-0.15, -0.1) is 6.58 Å². The summed E-state index contributed by atoms with van der Waals surface area (Å²) in [6, 6.07) is 0.848. The first-order valence-electron chi connectivity index (χ1n) is 7.56. The molecular weight excluding hydrogens is 240 g/mol. The highest BCUT2D eigenvalue weighted by molar-refractivity contribution is 5.73. The molecule has 0 amide bonds. The number of rotatable bonds is 7. The molecule has 2 fully saturated rings. The summed E-state index contributed by atoms with van der Waals surface area (Å²) >= 11 is 0. The predicted molar refractivity (Wildman–Crippen MR) is 75.4 cm³/mol. The van der Waals surface area contributed by atoms with Gasteiger partial charge in [0.25, 0.3) is 0 Å². The van der Waals surface area contributed by atoms with Crippen LogP contribution >= 0.6 is 0 Å². The molecule has 2 saturated carbocycles. The summed E-state index contributed by atoms with van der Waals surface area (Å²) in [7, 11) is 0. The van der Waals surface area contributed by atoms with E-state index in [1.54, 1.807) is 0 Å². The van der Waals surface area contributed by atoms with E-state index in [-0.39, 0.29) is 17.9 Å². The Hall–Kier alpha value is -0.870. The highest BCUT2D eigenvalue weighted by Crippen LogP contribution is 2.29. The topological polar surface area (TPSA) is 41.6 Å². The van der Waals surface area contributed by atoms with Gasteiger partial charge in [0.15, 0.2) is 0 Å². The molecule has 0 aromatic heterocycles. The molecule has 0 aromatic carbocycles. The van der Waals surface area contributed by atoms with Gasteiger partial charge in [-0.1, -0.05) is 18.9 Å². The molecule has 2 atom stereocenters. The molecular formula is C15H26N2O2. The zero-order valence-electron chi connectivity index (χ0n) is 11.9. The zero-order valence-corrected chi connectivity index (χ0v) is 11.9. The number of hydrogen-bond acceptors (Lipinski definition) is 4. The van der Waals surface area contributed by atoms with Crippen LogP contribution < -0.4 is 5.43 Å². The highest BCUT2D eigenvalue weighted by atomic mass is 16.5. The second-order valence-electron chi connectivity index (χ2n) is 5.55. The molecule has 0 spiro atoms. The second-order valence-corrected chi connectivity index (χ2v) is 5.55. The Labute approximate surface area is 116 Å². The minimum Gasteiger partial charge on any atom is -0.466 e. The summed E-state index contributed by atoms with van der Waals surface area (Å²) in [6.07, 6.45) is 8.85. The van der Waals surface area contributed by atoms with Gasteiger partial charge in [-0.3, -0.25) is 10.2 Å². The first-order valence-corrected chi connectivity index (χ1v) is 7.56. The number of esters is 1. The number of nitrogens with one attached hydrogen (secondary N) is 1. The fourth-order valence-corrected chi connectivity index (χ4v) is 3.00. The van der Waals surface area contributed by atoms with Crippen molar-refractivity contribution in [1.82, 2.24) is 10.4 Å². The van der Waals surface area contributed by atoms with Crippen LogP contribution in [0.1, 0.15) is 45.4 Å². The molecule has 1 N–H and O–H groups in total. The molecule has 19 heavy (non-hydrogen) atoms. The monoisotopic (exact) mass is 266 g/mol. The molecule has 0 radical (unpaired) electrons. The van der Waals surface area contributed by atoms with E-state index in [0.29, 0.717) is 12.6 Å². The van der Waals surface area contributed by atoms with Crippen LogP contribution in [-0.4, -0.2) is 36.2 Å². The molecule has 0 bridgehead atoms. The van der Waals surface area contributed by atoms with Crippen LogP contribution in [0, 0.1) is 5.92 Å². The summed E-state index contributed by atoms with van der Waals surface area (Å²) in [5, 5.41) is 2.28. The fourth-order valence-electron chi connectivity index (χ4n) is 3.00. The maximum Gasteiger partial charge on any atom is 0.310 e. The van der Waals surface area contributed by atoms with Crippen molar-refractivity contribution in [3.05, 3.63) is 12.7 Å². The van der Waals surface area contributed by atoms with Gasteiger partial charge >= 0.3 is 5.97 Å². The highest BCUT2D eigenvalue weighted by Gasteiger charge is 2.36.